The minimum absolute atomic E-state index is 0.335. The van der Waals surface area contributed by atoms with E-state index in [9.17, 15) is 4.39 Å². The molecule has 4 aromatic rings. The maximum Gasteiger partial charge on any atom is 0.137 e. The summed E-state index contributed by atoms with van der Waals surface area (Å²) in [6, 6.07) is 6.33. The van der Waals surface area contributed by atoms with Crippen LogP contribution in [0.15, 0.2) is 49.1 Å². The van der Waals surface area contributed by atoms with Crippen molar-refractivity contribution in [3.63, 3.8) is 0 Å². The predicted molar refractivity (Wildman–Crippen MR) is 105 cm³/mol. The molecule has 4 nitrogen and oxygen atoms in total. The van der Waals surface area contributed by atoms with Gasteiger partial charge in [-0.25, -0.2) is 19.3 Å². The van der Waals surface area contributed by atoms with Gasteiger partial charge in [-0.2, -0.15) is 0 Å². The van der Waals surface area contributed by atoms with E-state index in [0.717, 1.165) is 33.5 Å². The van der Waals surface area contributed by atoms with Gasteiger partial charge in [0, 0.05) is 48.0 Å². The second-order valence-corrected chi connectivity index (χ2v) is 7.13. The van der Waals surface area contributed by atoms with E-state index in [-0.39, 0.29) is 5.82 Å². The average Bonchev–Trinajstić information content (AvgIpc) is 3.04. The number of aromatic amines is 1. The molecular weight excluding hydrogens is 386 g/mol. The van der Waals surface area contributed by atoms with Gasteiger partial charge in [0.1, 0.15) is 17.3 Å². The summed E-state index contributed by atoms with van der Waals surface area (Å²) in [5.41, 5.74) is 3.78. The Morgan fingerprint density at radius 2 is 1.74 bits per heavy atom. The Hall–Kier alpha value is -2.50. The number of fused-ring (bicyclic) bond motifs is 1. The van der Waals surface area contributed by atoms with Crippen molar-refractivity contribution in [2.24, 2.45) is 0 Å². The first kappa shape index (κ1) is 17.9. The number of nitrogens with one attached hydrogen (secondary N) is 1. The summed E-state index contributed by atoms with van der Waals surface area (Å²) in [5, 5.41) is 2.03. The van der Waals surface area contributed by atoms with Gasteiger partial charge >= 0.3 is 0 Å². The van der Waals surface area contributed by atoms with Gasteiger partial charge in [0.05, 0.1) is 5.02 Å². The third-order valence-electron chi connectivity index (χ3n) is 4.37. The Bertz CT molecular complexity index is 1090. The molecule has 1 N–H and O–H groups in total. The molecule has 0 radical (unpaired) electrons. The van der Waals surface area contributed by atoms with E-state index in [1.807, 2.05) is 24.7 Å². The van der Waals surface area contributed by atoms with Gasteiger partial charge in [-0.3, -0.25) is 0 Å². The SMILES string of the molecule is Fc1ccc(CCc2ncc(Cc3c[nH]c4ncc(Cl)cc34)cn2)c(Cl)c1. The summed E-state index contributed by atoms with van der Waals surface area (Å²) in [5.74, 6) is 0.390. The third-order valence-corrected chi connectivity index (χ3v) is 4.93. The second-order valence-electron chi connectivity index (χ2n) is 6.28. The van der Waals surface area contributed by atoms with Crippen LogP contribution < -0.4 is 0 Å². The fourth-order valence-electron chi connectivity index (χ4n) is 2.97. The first-order chi connectivity index (χ1) is 13.1. The molecule has 27 heavy (non-hydrogen) atoms. The molecule has 0 atom stereocenters. The maximum atomic E-state index is 13.1. The van der Waals surface area contributed by atoms with Gasteiger partial charge in [-0.05, 0) is 41.3 Å². The Labute approximate surface area is 165 Å². The van der Waals surface area contributed by atoms with Crippen molar-refractivity contribution < 1.29 is 4.39 Å². The van der Waals surface area contributed by atoms with Crippen LogP contribution in [0, 0.1) is 5.82 Å². The second kappa shape index (κ2) is 7.62. The molecule has 0 amide bonds. The van der Waals surface area contributed by atoms with Crippen molar-refractivity contribution in [1.29, 1.82) is 0 Å². The van der Waals surface area contributed by atoms with Gasteiger partial charge in [0.2, 0.25) is 0 Å². The molecule has 1 aromatic carbocycles. The lowest BCUT2D eigenvalue weighted by atomic mass is 10.1. The first-order valence-electron chi connectivity index (χ1n) is 8.44. The van der Waals surface area contributed by atoms with Gasteiger partial charge < -0.3 is 4.98 Å². The molecule has 0 aliphatic heterocycles. The van der Waals surface area contributed by atoms with E-state index in [1.54, 1.807) is 12.3 Å². The summed E-state index contributed by atoms with van der Waals surface area (Å²) in [7, 11) is 0. The fourth-order valence-corrected chi connectivity index (χ4v) is 3.39. The van der Waals surface area contributed by atoms with Crippen LogP contribution in [0.2, 0.25) is 10.0 Å². The smallest absolute Gasteiger partial charge is 0.137 e. The molecule has 0 bridgehead atoms. The number of pyridine rings is 1. The fraction of sp³-hybridized carbons (Fsp3) is 0.150. The highest BCUT2D eigenvalue weighted by Gasteiger charge is 2.08. The van der Waals surface area contributed by atoms with E-state index in [0.29, 0.717) is 29.3 Å². The lowest BCUT2D eigenvalue weighted by molar-refractivity contribution is 0.627. The zero-order valence-electron chi connectivity index (χ0n) is 14.2. The Kier molecular flexibility index (Phi) is 5.05. The molecule has 3 aromatic heterocycles. The summed E-state index contributed by atoms with van der Waals surface area (Å²) in [6.07, 6.45) is 9.18. The number of benzene rings is 1. The first-order valence-corrected chi connectivity index (χ1v) is 9.19. The van der Waals surface area contributed by atoms with Gasteiger partial charge in [0.15, 0.2) is 0 Å². The molecule has 7 heteroatoms. The Morgan fingerprint density at radius 3 is 2.52 bits per heavy atom. The molecule has 0 spiro atoms. The summed E-state index contributed by atoms with van der Waals surface area (Å²) < 4.78 is 13.1. The average molecular weight is 401 g/mol. The minimum Gasteiger partial charge on any atom is -0.346 e. The molecule has 0 aliphatic rings. The van der Waals surface area contributed by atoms with E-state index in [2.05, 4.69) is 19.9 Å². The van der Waals surface area contributed by atoms with Crippen LogP contribution in [0.1, 0.15) is 22.5 Å². The highest BCUT2D eigenvalue weighted by atomic mass is 35.5. The van der Waals surface area contributed by atoms with Crippen molar-refractivity contribution in [3.05, 3.63) is 87.4 Å². The number of rotatable bonds is 5. The predicted octanol–water partition coefficient (Wildman–Crippen LogP) is 5.17. The van der Waals surface area contributed by atoms with E-state index < -0.39 is 0 Å². The van der Waals surface area contributed by atoms with Crippen LogP contribution in [0.25, 0.3) is 11.0 Å². The number of hydrogen-bond acceptors (Lipinski definition) is 3. The molecule has 0 saturated carbocycles. The molecule has 0 aliphatic carbocycles. The number of aromatic nitrogens is 4. The molecular formula is C20H15Cl2FN4. The van der Waals surface area contributed by atoms with Crippen molar-refractivity contribution in [1.82, 2.24) is 19.9 Å². The van der Waals surface area contributed by atoms with E-state index in [1.165, 1.54) is 12.1 Å². The lowest BCUT2D eigenvalue weighted by Gasteiger charge is -2.05. The Balaban J connectivity index is 1.44. The molecule has 0 unspecified atom stereocenters. The van der Waals surface area contributed by atoms with Crippen molar-refractivity contribution in [2.45, 2.75) is 19.3 Å². The number of H-pyrrole nitrogens is 1. The Morgan fingerprint density at radius 1 is 0.926 bits per heavy atom. The highest BCUT2D eigenvalue weighted by Crippen LogP contribution is 2.22. The van der Waals surface area contributed by atoms with Crippen LogP contribution in [-0.4, -0.2) is 19.9 Å². The molecule has 0 saturated heterocycles. The maximum absolute atomic E-state index is 13.1. The van der Waals surface area contributed by atoms with E-state index >= 15 is 0 Å². The highest BCUT2D eigenvalue weighted by molar-refractivity contribution is 6.31. The molecule has 4 rings (SSSR count). The summed E-state index contributed by atoms with van der Waals surface area (Å²) in [6.45, 7) is 0. The van der Waals surface area contributed by atoms with Gasteiger partial charge in [-0.15, -0.1) is 0 Å². The molecule has 136 valence electrons. The van der Waals surface area contributed by atoms with Crippen molar-refractivity contribution >= 4 is 34.2 Å². The van der Waals surface area contributed by atoms with E-state index in [4.69, 9.17) is 23.2 Å². The number of halogens is 3. The van der Waals surface area contributed by atoms with Crippen LogP contribution >= 0.6 is 23.2 Å². The van der Waals surface area contributed by atoms with Crippen LogP contribution in [0.3, 0.4) is 0 Å². The standard InChI is InChI=1S/C20H15Cl2FN4/c21-15-6-17-14(10-26-20(17)27-11-15)5-12-8-24-19(25-9-12)4-2-13-1-3-16(23)7-18(13)22/h1,3,6-11H,2,4-5H2,(H,26,27). The van der Waals surface area contributed by atoms with Gasteiger partial charge in [-0.1, -0.05) is 29.3 Å². The monoisotopic (exact) mass is 400 g/mol. The topological polar surface area (TPSA) is 54.5 Å². The number of hydrogen-bond donors (Lipinski definition) is 1. The molecule has 0 fully saturated rings. The van der Waals surface area contributed by atoms with Crippen LogP contribution in [0.5, 0.6) is 0 Å². The zero-order chi connectivity index (χ0) is 18.8. The summed E-state index contributed by atoms with van der Waals surface area (Å²) >= 11 is 12.1. The number of aryl methyl sites for hydroxylation is 2. The van der Waals surface area contributed by atoms with Gasteiger partial charge in [0.25, 0.3) is 0 Å². The third kappa shape index (κ3) is 4.10. The van der Waals surface area contributed by atoms with Crippen molar-refractivity contribution in [2.75, 3.05) is 0 Å². The molecule has 3 heterocycles. The largest absolute Gasteiger partial charge is 0.346 e. The quantitative estimate of drug-likeness (QED) is 0.502. The van der Waals surface area contributed by atoms with Crippen molar-refractivity contribution in [3.8, 4) is 0 Å². The normalized spacial score (nSPS) is 11.2. The zero-order valence-corrected chi connectivity index (χ0v) is 15.7. The lowest BCUT2D eigenvalue weighted by Crippen LogP contribution is -2.00. The van der Waals surface area contributed by atoms with Crippen LogP contribution in [0.4, 0.5) is 4.39 Å². The minimum atomic E-state index is -0.335. The number of nitrogens with zero attached hydrogens (tertiary/aromatic N) is 3. The van der Waals surface area contributed by atoms with Crippen LogP contribution in [-0.2, 0) is 19.3 Å². The summed E-state index contributed by atoms with van der Waals surface area (Å²) in [4.78, 5) is 16.3.